The second-order valence-electron chi connectivity index (χ2n) is 3.56. The van der Waals surface area contributed by atoms with Crippen LogP contribution in [0.3, 0.4) is 0 Å². The van der Waals surface area contributed by atoms with Gasteiger partial charge in [-0.2, -0.15) is 5.26 Å². The van der Waals surface area contributed by atoms with Gasteiger partial charge < -0.3 is 0 Å². The molecule has 0 aliphatic rings. The quantitative estimate of drug-likeness (QED) is 0.635. The van der Waals surface area contributed by atoms with Gasteiger partial charge in [-0.1, -0.05) is 30.0 Å². The largest absolute Gasteiger partial charge is 0.192 e. The zero-order chi connectivity index (χ0) is 12.6. The SMILES string of the molecule is N#Cc1ccc(C#CC#Cc2ccccc2)cc1. The lowest BCUT2D eigenvalue weighted by Gasteiger charge is -1.88. The maximum atomic E-state index is 8.66. The summed E-state index contributed by atoms with van der Waals surface area (Å²) in [5, 5.41) is 8.66. The molecule has 0 fully saturated rings. The number of rotatable bonds is 0. The fourth-order valence-electron chi connectivity index (χ4n) is 1.36. The van der Waals surface area contributed by atoms with E-state index in [0.29, 0.717) is 5.56 Å². The van der Waals surface area contributed by atoms with E-state index in [9.17, 15) is 0 Å². The van der Waals surface area contributed by atoms with Crippen LogP contribution in [0.1, 0.15) is 16.7 Å². The summed E-state index contributed by atoms with van der Waals surface area (Å²) in [6.45, 7) is 0. The van der Waals surface area contributed by atoms with Crippen LogP contribution in [-0.4, -0.2) is 0 Å². The third-order valence-corrected chi connectivity index (χ3v) is 2.26. The molecule has 2 aromatic carbocycles. The van der Waals surface area contributed by atoms with Gasteiger partial charge in [0.1, 0.15) is 0 Å². The average Bonchev–Trinajstić information content (AvgIpc) is 2.45. The van der Waals surface area contributed by atoms with Gasteiger partial charge in [-0.3, -0.25) is 0 Å². The molecule has 0 heterocycles. The normalized spacial score (nSPS) is 8.17. The Labute approximate surface area is 107 Å². The predicted octanol–water partition coefficient (Wildman–Crippen LogP) is 2.96. The van der Waals surface area contributed by atoms with Gasteiger partial charge in [-0.05, 0) is 48.2 Å². The van der Waals surface area contributed by atoms with Gasteiger partial charge in [0.25, 0.3) is 0 Å². The van der Waals surface area contributed by atoms with Crippen molar-refractivity contribution >= 4 is 0 Å². The van der Waals surface area contributed by atoms with Crippen molar-refractivity contribution in [3.05, 3.63) is 71.3 Å². The first-order chi connectivity index (χ1) is 8.88. The van der Waals surface area contributed by atoms with E-state index in [1.165, 1.54) is 0 Å². The molecule has 0 bridgehead atoms. The van der Waals surface area contributed by atoms with Crippen LogP contribution in [-0.2, 0) is 0 Å². The van der Waals surface area contributed by atoms with E-state index in [1.807, 2.05) is 42.5 Å². The second-order valence-corrected chi connectivity index (χ2v) is 3.56. The molecule has 82 valence electrons. The Balaban J connectivity index is 2.09. The Morgan fingerprint density at radius 1 is 0.611 bits per heavy atom. The third-order valence-electron chi connectivity index (χ3n) is 2.26. The van der Waals surface area contributed by atoms with Crippen LogP contribution < -0.4 is 0 Å². The third kappa shape index (κ3) is 3.28. The molecular weight excluding hydrogens is 218 g/mol. The first-order valence-electron chi connectivity index (χ1n) is 5.46. The fraction of sp³-hybridized carbons (Fsp3) is 0. The highest BCUT2D eigenvalue weighted by atomic mass is 14.2. The summed E-state index contributed by atoms with van der Waals surface area (Å²) in [4.78, 5) is 0. The molecule has 0 amide bonds. The summed E-state index contributed by atoms with van der Waals surface area (Å²) in [7, 11) is 0. The smallest absolute Gasteiger partial charge is 0.0991 e. The molecule has 0 radical (unpaired) electrons. The highest BCUT2D eigenvalue weighted by Gasteiger charge is 1.88. The number of hydrogen-bond donors (Lipinski definition) is 0. The van der Waals surface area contributed by atoms with E-state index in [1.54, 1.807) is 12.1 Å². The number of nitriles is 1. The highest BCUT2D eigenvalue weighted by molar-refractivity contribution is 5.45. The Morgan fingerprint density at radius 3 is 1.67 bits per heavy atom. The zero-order valence-electron chi connectivity index (χ0n) is 9.64. The van der Waals surface area contributed by atoms with Gasteiger partial charge in [0, 0.05) is 11.1 Å². The Hall–Kier alpha value is -2.95. The van der Waals surface area contributed by atoms with Crippen molar-refractivity contribution in [3.63, 3.8) is 0 Å². The van der Waals surface area contributed by atoms with Crippen molar-refractivity contribution < 1.29 is 0 Å². The molecule has 0 spiro atoms. The van der Waals surface area contributed by atoms with Crippen molar-refractivity contribution in [1.29, 1.82) is 5.26 Å². The van der Waals surface area contributed by atoms with Crippen LogP contribution in [0.2, 0.25) is 0 Å². The lowest BCUT2D eigenvalue weighted by molar-refractivity contribution is 1.48. The first kappa shape index (κ1) is 11.5. The minimum atomic E-state index is 0.635. The topological polar surface area (TPSA) is 23.8 Å². The van der Waals surface area contributed by atoms with Gasteiger partial charge >= 0.3 is 0 Å². The number of benzene rings is 2. The monoisotopic (exact) mass is 227 g/mol. The molecule has 0 saturated heterocycles. The molecule has 0 N–H and O–H groups in total. The van der Waals surface area contributed by atoms with E-state index < -0.39 is 0 Å². The molecule has 0 saturated carbocycles. The summed E-state index contributed by atoms with van der Waals surface area (Å²) in [6.07, 6.45) is 0. The van der Waals surface area contributed by atoms with E-state index in [4.69, 9.17) is 5.26 Å². The van der Waals surface area contributed by atoms with Crippen LogP contribution in [0.5, 0.6) is 0 Å². The molecule has 0 unspecified atom stereocenters. The Kier molecular flexibility index (Phi) is 3.81. The Morgan fingerprint density at radius 2 is 1.11 bits per heavy atom. The molecule has 2 rings (SSSR count). The van der Waals surface area contributed by atoms with Crippen LogP contribution in [0.15, 0.2) is 54.6 Å². The van der Waals surface area contributed by atoms with Gasteiger partial charge in [0.15, 0.2) is 0 Å². The van der Waals surface area contributed by atoms with Crippen LogP contribution in [0, 0.1) is 35.0 Å². The first-order valence-corrected chi connectivity index (χ1v) is 5.46. The lowest BCUT2D eigenvalue weighted by atomic mass is 10.1. The van der Waals surface area contributed by atoms with Crippen LogP contribution in [0.4, 0.5) is 0 Å². The summed E-state index contributed by atoms with van der Waals surface area (Å²) >= 11 is 0. The standard InChI is InChI=1S/C17H9N/c18-14-17-12-10-16(11-13-17)9-5-4-8-15-6-2-1-3-7-15/h1-3,6-7,10-13H. The minimum Gasteiger partial charge on any atom is -0.192 e. The maximum absolute atomic E-state index is 8.66. The van der Waals surface area contributed by atoms with Crippen molar-refractivity contribution in [1.82, 2.24) is 0 Å². The van der Waals surface area contributed by atoms with Gasteiger partial charge in [-0.25, -0.2) is 0 Å². The van der Waals surface area contributed by atoms with Gasteiger partial charge in [0.2, 0.25) is 0 Å². The molecular formula is C17H9N. The van der Waals surface area contributed by atoms with E-state index in [0.717, 1.165) is 11.1 Å². The van der Waals surface area contributed by atoms with E-state index in [-0.39, 0.29) is 0 Å². The fourth-order valence-corrected chi connectivity index (χ4v) is 1.36. The van der Waals surface area contributed by atoms with Crippen LogP contribution >= 0.6 is 0 Å². The van der Waals surface area contributed by atoms with Crippen molar-refractivity contribution in [2.45, 2.75) is 0 Å². The average molecular weight is 227 g/mol. The van der Waals surface area contributed by atoms with Crippen molar-refractivity contribution in [3.8, 4) is 29.8 Å². The highest BCUT2D eigenvalue weighted by Crippen LogP contribution is 2.01. The summed E-state index contributed by atoms with van der Waals surface area (Å²) in [6, 6.07) is 18.9. The second kappa shape index (κ2) is 5.95. The molecule has 0 aromatic heterocycles. The molecule has 0 aliphatic carbocycles. The number of nitrogens with zero attached hydrogens (tertiary/aromatic N) is 1. The summed E-state index contributed by atoms with van der Waals surface area (Å²) in [5.74, 6) is 11.5. The van der Waals surface area contributed by atoms with Gasteiger partial charge in [0.05, 0.1) is 11.6 Å². The maximum Gasteiger partial charge on any atom is 0.0991 e. The molecule has 0 aliphatic heterocycles. The number of hydrogen-bond acceptors (Lipinski definition) is 1. The Bertz CT molecular complexity index is 681. The lowest BCUT2D eigenvalue weighted by Crippen LogP contribution is -1.75. The zero-order valence-corrected chi connectivity index (χ0v) is 9.64. The molecule has 0 atom stereocenters. The molecule has 18 heavy (non-hydrogen) atoms. The summed E-state index contributed by atoms with van der Waals surface area (Å²) < 4.78 is 0. The van der Waals surface area contributed by atoms with E-state index in [2.05, 4.69) is 29.8 Å². The molecule has 1 nitrogen and oxygen atoms in total. The molecule has 1 heteroatoms. The predicted molar refractivity (Wildman–Crippen MR) is 71.4 cm³/mol. The van der Waals surface area contributed by atoms with Gasteiger partial charge in [-0.15, -0.1) is 0 Å². The van der Waals surface area contributed by atoms with E-state index >= 15 is 0 Å². The van der Waals surface area contributed by atoms with Crippen molar-refractivity contribution in [2.75, 3.05) is 0 Å². The summed E-state index contributed by atoms with van der Waals surface area (Å²) in [5.41, 5.74) is 2.44. The molecule has 2 aromatic rings. The minimum absolute atomic E-state index is 0.635. The van der Waals surface area contributed by atoms with Crippen molar-refractivity contribution in [2.24, 2.45) is 0 Å². The van der Waals surface area contributed by atoms with Crippen LogP contribution in [0.25, 0.3) is 0 Å².